The minimum Gasteiger partial charge on any atom is -0.508 e. The van der Waals surface area contributed by atoms with Crippen LogP contribution in [0.1, 0.15) is 30.3 Å². The Morgan fingerprint density at radius 2 is 1.85 bits per heavy atom. The lowest BCUT2D eigenvalue weighted by atomic mass is 10.2. The van der Waals surface area contributed by atoms with Crippen molar-refractivity contribution in [2.75, 3.05) is 0 Å². The SMILES string of the molecule is CCCc1nnc(SCc2ccc(Cl)cc2)n1/N=C/c1ccc(O)cc1. The summed E-state index contributed by atoms with van der Waals surface area (Å²) in [5.74, 6) is 1.83. The summed E-state index contributed by atoms with van der Waals surface area (Å²) in [6.07, 6.45) is 3.52. The molecule has 1 heterocycles. The molecule has 1 aromatic heterocycles. The summed E-state index contributed by atoms with van der Waals surface area (Å²) in [7, 11) is 0. The van der Waals surface area contributed by atoms with E-state index >= 15 is 0 Å². The zero-order chi connectivity index (χ0) is 18.4. The molecular formula is C19H19ClN4OS. The van der Waals surface area contributed by atoms with Gasteiger partial charge >= 0.3 is 0 Å². The quantitative estimate of drug-likeness (QED) is 0.469. The number of hydrogen-bond acceptors (Lipinski definition) is 5. The topological polar surface area (TPSA) is 63.3 Å². The third-order valence-corrected chi connectivity index (χ3v) is 4.89. The van der Waals surface area contributed by atoms with E-state index in [1.54, 1.807) is 34.8 Å². The van der Waals surface area contributed by atoms with Gasteiger partial charge in [0, 0.05) is 17.2 Å². The van der Waals surface area contributed by atoms with Gasteiger partial charge in [-0.3, -0.25) is 0 Å². The summed E-state index contributed by atoms with van der Waals surface area (Å²) < 4.78 is 1.79. The maximum absolute atomic E-state index is 9.38. The number of nitrogens with zero attached hydrogens (tertiary/aromatic N) is 4. The first kappa shape index (κ1) is 18.5. The lowest BCUT2D eigenvalue weighted by Gasteiger charge is -2.04. The summed E-state index contributed by atoms with van der Waals surface area (Å²) in [5.41, 5.74) is 2.06. The summed E-state index contributed by atoms with van der Waals surface area (Å²) in [6, 6.07) is 14.7. The van der Waals surface area contributed by atoms with E-state index < -0.39 is 0 Å². The number of phenolic OH excluding ortho intramolecular Hbond substituents is 1. The average molecular weight is 387 g/mol. The van der Waals surface area contributed by atoms with E-state index in [0.29, 0.717) is 0 Å². The Morgan fingerprint density at radius 1 is 1.12 bits per heavy atom. The largest absolute Gasteiger partial charge is 0.508 e. The highest BCUT2D eigenvalue weighted by Gasteiger charge is 2.11. The van der Waals surface area contributed by atoms with E-state index in [2.05, 4.69) is 22.2 Å². The number of aromatic nitrogens is 3. The molecule has 0 aliphatic heterocycles. The van der Waals surface area contributed by atoms with Crippen LogP contribution in [0.25, 0.3) is 0 Å². The van der Waals surface area contributed by atoms with Crippen molar-refractivity contribution < 1.29 is 5.11 Å². The second kappa shape index (κ2) is 8.87. The zero-order valence-electron chi connectivity index (χ0n) is 14.3. The summed E-state index contributed by atoms with van der Waals surface area (Å²) in [5, 5.41) is 24.0. The van der Waals surface area contributed by atoms with Crippen molar-refractivity contribution in [1.82, 2.24) is 14.9 Å². The van der Waals surface area contributed by atoms with Gasteiger partial charge in [0.15, 0.2) is 5.82 Å². The molecule has 0 unspecified atom stereocenters. The Kier molecular flexibility index (Phi) is 6.30. The first-order valence-corrected chi connectivity index (χ1v) is 9.67. The van der Waals surface area contributed by atoms with Crippen molar-refractivity contribution >= 4 is 29.6 Å². The third kappa shape index (κ3) is 4.86. The van der Waals surface area contributed by atoms with Gasteiger partial charge in [0.1, 0.15) is 5.75 Å². The molecule has 0 saturated carbocycles. The molecule has 26 heavy (non-hydrogen) atoms. The van der Waals surface area contributed by atoms with Crippen LogP contribution in [0.2, 0.25) is 5.02 Å². The van der Waals surface area contributed by atoms with Crippen LogP contribution >= 0.6 is 23.4 Å². The number of benzene rings is 2. The second-order valence-corrected chi connectivity index (χ2v) is 7.09. The van der Waals surface area contributed by atoms with Gasteiger partial charge in [-0.25, -0.2) is 0 Å². The van der Waals surface area contributed by atoms with Crippen LogP contribution in [0.15, 0.2) is 58.8 Å². The summed E-state index contributed by atoms with van der Waals surface area (Å²) in [6.45, 7) is 2.10. The Hall–Kier alpha value is -2.31. The lowest BCUT2D eigenvalue weighted by Crippen LogP contribution is -2.00. The first-order valence-electron chi connectivity index (χ1n) is 8.30. The molecule has 1 N–H and O–H groups in total. The fourth-order valence-electron chi connectivity index (χ4n) is 2.29. The molecule has 0 aliphatic rings. The number of rotatable bonds is 7. The van der Waals surface area contributed by atoms with Gasteiger partial charge in [0.05, 0.1) is 6.21 Å². The molecule has 0 fully saturated rings. The molecular weight excluding hydrogens is 368 g/mol. The van der Waals surface area contributed by atoms with Gasteiger partial charge in [-0.15, -0.1) is 10.2 Å². The van der Waals surface area contributed by atoms with Crippen LogP contribution in [0.5, 0.6) is 5.75 Å². The number of phenols is 1. The first-order chi connectivity index (χ1) is 12.7. The van der Waals surface area contributed by atoms with Crippen molar-refractivity contribution in [3.8, 4) is 5.75 Å². The third-order valence-electron chi connectivity index (χ3n) is 3.65. The lowest BCUT2D eigenvalue weighted by molar-refractivity contribution is 0.475. The maximum Gasteiger partial charge on any atom is 0.212 e. The van der Waals surface area contributed by atoms with E-state index in [4.69, 9.17) is 11.6 Å². The highest BCUT2D eigenvalue weighted by Crippen LogP contribution is 2.23. The fourth-order valence-corrected chi connectivity index (χ4v) is 3.28. The normalized spacial score (nSPS) is 11.3. The van der Waals surface area contributed by atoms with Crippen molar-refractivity contribution in [3.63, 3.8) is 0 Å². The van der Waals surface area contributed by atoms with E-state index in [9.17, 15) is 5.11 Å². The molecule has 0 saturated heterocycles. The highest BCUT2D eigenvalue weighted by atomic mass is 35.5. The molecule has 5 nitrogen and oxygen atoms in total. The van der Waals surface area contributed by atoms with Crippen molar-refractivity contribution in [1.29, 1.82) is 0 Å². The summed E-state index contributed by atoms with van der Waals surface area (Å²) in [4.78, 5) is 0. The molecule has 0 amide bonds. The number of aromatic hydroxyl groups is 1. The molecule has 0 spiro atoms. The molecule has 0 radical (unpaired) electrons. The predicted octanol–water partition coefficient (Wildman–Crippen LogP) is 4.76. The monoisotopic (exact) mass is 386 g/mol. The maximum atomic E-state index is 9.38. The number of halogens is 1. The van der Waals surface area contributed by atoms with E-state index in [0.717, 1.165) is 45.7 Å². The second-order valence-electron chi connectivity index (χ2n) is 5.71. The Bertz CT molecular complexity index is 876. The molecule has 0 aliphatic carbocycles. The smallest absolute Gasteiger partial charge is 0.212 e. The fraction of sp³-hybridized carbons (Fsp3) is 0.211. The van der Waals surface area contributed by atoms with Gasteiger partial charge in [-0.2, -0.15) is 9.78 Å². The van der Waals surface area contributed by atoms with E-state index in [1.807, 2.05) is 36.4 Å². The van der Waals surface area contributed by atoms with Crippen LogP contribution in [-0.4, -0.2) is 26.2 Å². The zero-order valence-corrected chi connectivity index (χ0v) is 15.9. The van der Waals surface area contributed by atoms with Crippen molar-refractivity contribution in [2.45, 2.75) is 30.7 Å². The molecule has 3 rings (SSSR count). The highest BCUT2D eigenvalue weighted by molar-refractivity contribution is 7.98. The number of aryl methyl sites for hydroxylation is 1. The van der Waals surface area contributed by atoms with Crippen molar-refractivity contribution in [2.24, 2.45) is 5.10 Å². The molecule has 2 aromatic carbocycles. The molecule has 0 atom stereocenters. The standard InChI is InChI=1S/C19H19ClN4OS/c1-2-3-18-22-23-19(26-13-15-4-8-16(20)9-5-15)24(18)21-12-14-6-10-17(25)11-7-14/h4-12,25H,2-3,13H2,1H3/b21-12+. The van der Waals surface area contributed by atoms with Crippen LogP contribution in [0, 0.1) is 0 Å². The van der Waals surface area contributed by atoms with Crippen molar-refractivity contribution in [3.05, 3.63) is 70.5 Å². The van der Waals surface area contributed by atoms with E-state index in [-0.39, 0.29) is 5.75 Å². The summed E-state index contributed by atoms with van der Waals surface area (Å²) >= 11 is 7.52. The van der Waals surface area contributed by atoms with E-state index in [1.165, 1.54) is 0 Å². The van der Waals surface area contributed by atoms with Crippen LogP contribution in [0.3, 0.4) is 0 Å². The molecule has 134 valence electrons. The Labute approximate surface area is 161 Å². The minimum atomic E-state index is 0.234. The minimum absolute atomic E-state index is 0.234. The Balaban J connectivity index is 1.79. The molecule has 3 aromatic rings. The average Bonchev–Trinajstić information content (AvgIpc) is 3.03. The van der Waals surface area contributed by atoms with Crippen LogP contribution < -0.4 is 0 Å². The van der Waals surface area contributed by atoms with Gasteiger partial charge in [-0.05, 0) is 53.9 Å². The van der Waals surface area contributed by atoms with Crippen LogP contribution in [-0.2, 0) is 12.2 Å². The van der Waals surface area contributed by atoms with Gasteiger partial charge in [-0.1, -0.05) is 42.4 Å². The predicted molar refractivity (Wildman–Crippen MR) is 106 cm³/mol. The van der Waals surface area contributed by atoms with Gasteiger partial charge < -0.3 is 5.11 Å². The van der Waals surface area contributed by atoms with Gasteiger partial charge in [0.25, 0.3) is 0 Å². The molecule has 0 bridgehead atoms. The Morgan fingerprint density at radius 3 is 2.54 bits per heavy atom. The van der Waals surface area contributed by atoms with Crippen LogP contribution in [0.4, 0.5) is 0 Å². The number of hydrogen-bond donors (Lipinski definition) is 1. The van der Waals surface area contributed by atoms with Gasteiger partial charge in [0.2, 0.25) is 5.16 Å². The number of thioether (sulfide) groups is 1. The molecule has 7 heteroatoms.